The second-order valence-corrected chi connectivity index (χ2v) is 6.51. The molecule has 0 radical (unpaired) electrons. The van der Waals surface area contributed by atoms with Gasteiger partial charge in [-0.05, 0) is 51.1 Å². The van der Waals surface area contributed by atoms with Crippen LogP contribution < -0.4 is 5.32 Å². The van der Waals surface area contributed by atoms with E-state index in [0.717, 1.165) is 40.8 Å². The Kier molecular flexibility index (Phi) is 4.12. The molecule has 0 aliphatic carbocycles. The second kappa shape index (κ2) is 6.59. The highest BCUT2D eigenvalue weighted by atomic mass is 15.4. The summed E-state index contributed by atoms with van der Waals surface area (Å²) in [4.78, 5) is 0. The molecule has 0 fully saturated rings. The van der Waals surface area contributed by atoms with Crippen LogP contribution in [0, 0.1) is 13.8 Å². The number of fused-ring (bicyclic) bond motifs is 1. The number of hydrogen-bond acceptors (Lipinski definition) is 5. The molecule has 3 heterocycles. The van der Waals surface area contributed by atoms with Crippen molar-refractivity contribution >= 4 is 11.5 Å². The Bertz CT molecular complexity index is 1030. The average molecular weight is 347 g/mol. The Hall–Kier alpha value is -3.22. The Morgan fingerprint density at radius 3 is 2.62 bits per heavy atom. The summed E-state index contributed by atoms with van der Waals surface area (Å²) >= 11 is 0. The predicted molar refractivity (Wildman–Crippen MR) is 101 cm³/mol. The third kappa shape index (κ3) is 3.15. The molecule has 0 saturated heterocycles. The van der Waals surface area contributed by atoms with Gasteiger partial charge in [-0.2, -0.15) is 9.61 Å². The number of hydrogen-bond donors (Lipinski definition) is 1. The summed E-state index contributed by atoms with van der Waals surface area (Å²) in [6.45, 7) is 6.05. The minimum atomic E-state index is 0.190. The van der Waals surface area contributed by atoms with Crippen LogP contribution in [0.15, 0.2) is 48.5 Å². The van der Waals surface area contributed by atoms with Gasteiger partial charge in [-0.3, -0.25) is 0 Å². The van der Waals surface area contributed by atoms with Gasteiger partial charge in [-0.1, -0.05) is 18.2 Å². The molecule has 0 aliphatic heterocycles. The van der Waals surface area contributed by atoms with E-state index in [1.807, 2.05) is 48.9 Å². The van der Waals surface area contributed by atoms with Gasteiger partial charge in [0.25, 0.3) is 0 Å². The van der Waals surface area contributed by atoms with E-state index in [0.29, 0.717) is 0 Å². The van der Waals surface area contributed by atoms with Crippen molar-refractivity contribution in [3.8, 4) is 5.69 Å². The summed E-state index contributed by atoms with van der Waals surface area (Å²) < 4.78 is 3.75. The van der Waals surface area contributed by atoms with Gasteiger partial charge in [0.2, 0.25) is 0 Å². The SMILES string of the molecule is Cc1cc(CC(C)Nc2ccc3nnc(C)n3n2)n(-c2ccccc2)n1. The first-order valence-corrected chi connectivity index (χ1v) is 8.67. The van der Waals surface area contributed by atoms with Crippen molar-refractivity contribution in [1.29, 1.82) is 0 Å². The van der Waals surface area contributed by atoms with E-state index in [-0.39, 0.29) is 6.04 Å². The Labute approximate surface area is 151 Å². The van der Waals surface area contributed by atoms with Crippen molar-refractivity contribution in [2.45, 2.75) is 33.2 Å². The summed E-state index contributed by atoms with van der Waals surface area (Å²) in [6.07, 6.45) is 0.830. The number of rotatable bonds is 5. The van der Waals surface area contributed by atoms with Crippen LogP contribution in [0.2, 0.25) is 0 Å². The largest absolute Gasteiger partial charge is 0.366 e. The first kappa shape index (κ1) is 16.3. The van der Waals surface area contributed by atoms with E-state index >= 15 is 0 Å². The lowest BCUT2D eigenvalue weighted by molar-refractivity contribution is 0.712. The molecule has 7 heteroatoms. The minimum absolute atomic E-state index is 0.190. The van der Waals surface area contributed by atoms with Crippen molar-refractivity contribution in [3.63, 3.8) is 0 Å². The first-order chi connectivity index (χ1) is 12.6. The summed E-state index contributed by atoms with van der Waals surface area (Å²) in [5, 5.41) is 20.8. The van der Waals surface area contributed by atoms with Crippen molar-refractivity contribution in [2.24, 2.45) is 0 Å². The van der Waals surface area contributed by atoms with Gasteiger partial charge in [0, 0.05) is 18.2 Å². The lowest BCUT2D eigenvalue weighted by Gasteiger charge is -2.15. The summed E-state index contributed by atoms with van der Waals surface area (Å²) in [5.41, 5.74) is 3.99. The molecule has 132 valence electrons. The lowest BCUT2D eigenvalue weighted by atomic mass is 10.1. The summed E-state index contributed by atoms with van der Waals surface area (Å²) in [6, 6.07) is 16.4. The molecule has 0 saturated carbocycles. The van der Waals surface area contributed by atoms with Gasteiger partial charge >= 0.3 is 0 Å². The highest BCUT2D eigenvalue weighted by molar-refractivity contribution is 5.44. The maximum absolute atomic E-state index is 4.64. The van der Waals surface area contributed by atoms with Crippen LogP contribution in [-0.2, 0) is 6.42 Å². The van der Waals surface area contributed by atoms with Gasteiger partial charge in [-0.15, -0.1) is 15.3 Å². The molecule has 1 atom stereocenters. The lowest BCUT2D eigenvalue weighted by Crippen LogP contribution is -2.21. The fraction of sp³-hybridized carbons (Fsp3) is 0.263. The highest BCUT2D eigenvalue weighted by Gasteiger charge is 2.12. The number of para-hydroxylation sites is 1. The van der Waals surface area contributed by atoms with Gasteiger partial charge in [0.1, 0.15) is 5.82 Å². The molecular weight excluding hydrogens is 326 g/mol. The fourth-order valence-electron chi connectivity index (χ4n) is 3.08. The zero-order chi connectivity index (χ0) is 18.1. The third-order valence-corrected chi connectivity index (χ3v) is 4.23. The number of nitrogens with zero attached hydrogens (tertiary/aromatic N) is 6. The normalized spacial score (nSPS) is 12.4. The van der Waals surface area contributed by atoms with Crippen molar-refractivity contribution in [2.75, 3.05) is 5.32 Å². The van der Waals surface area contributed by atoms with Crippen molar-refractivity contribution < 1.29 is 0 Å². The fourth-order valence-corrected chi connectivity index (χ4v) is 3.08. The maximum atomic E-state index is 4.64. The van der Waals surface area contributed by atoms with Gasteiger partial charge in [0.05, 0.1) is 11.4 Å². The quantitative estimate of drug-likeness (QED) is 0.601. The molecule has 0 spiro atoms. The maximum Gasteiger partial charge on any atom is 0.178 e. The molecule has 4 rings (SSSR count). The number of nitrogens with one attached hydrogen (secondary N) is 1. The monoisotopic (exact) mass is 347 g/mol. The van der Waals surface area contributed by atoms with Crippen LogP contribution in [-0.4, -0.2) is 35.6 Å². The Morgan fingerprint density at radius 1 is 1.00 bits per heavy atom. The van der Waals surface area contributed by atoms with Crippen LogP contribution >= 0.6 is 0 Å². The number of aromatic nitrogens is 6. The highest BCUT2D eigenvalue weighted by Crippen LogP contribution is 2.16. The molecule has 1 aromatic carbocycles. The molecular formula is C19H21N7. The van der Waals surface area contributed by atoms with Crippen LogP contribution in [0.4, 0.5) is 5.82 Å². The standard InChI is InChI=1S/C19H21N7/c1-13(20-18-9-10-19-22-21-15(3)25(19)24-18)11-17-12-14(2)23-26(17)16-7-5-4-6-8-16/h4-10,12-13H,11H2,1-3H3,(H,20,24). The topological polar surface area (TPSA) is 72.9 Å². The molecule has 26 heavy (non-hydrogen) atoms. The first-order valence-electron chi connectivity index (χ1n) is 8.67. The van der Waals surface area contributed by atoms with E-state index in [4.69, 9.17) is 0 Å². The molecule has 0 amide bonds. The number of anilines is 1. The molecule has 0 bridgehead atoms. The van der Waals surface area contributed by atoms with E-state index in [9.17, 15) is 0 Å². The Balaban J connectivity index is 1.54. The van der Waals surface area contributed by atoms with Gasteiger partial charge < -0.3 is 5.32 Å². The molecule has 1 N–H and O–H groups in total. The molecule has 4 aromatic rings. The Morgan fingerprint density at radius 2 is 1.81 bits per heavy atom. The summed E-state index contributed by atoms with van der Waals surface area (Å²) in [7, 11) is 0. The zero-order valence-electron chi connectivity index (χ0n) is 15.1. The number of benzene rings is 1. The average Bonchev–Trinajstić information content (AvgIpc) is 3.18. The van der Waals surface area contributed by atoms with Crippen LogP contribution in [0.3, 0.4) is 0 Å². The van der Waals surface area contributed by atoms with Crippen LogP contribution in [0.25, 0.3) is 11.3 Å². The molecule has 7 nitrogen and oxygen atoms in total. The third-order valence-electron chi connectivity index (χ3n) is 4.23. The van der Waals surface area contributed by atoms with Crippen LogP contribution in [0.5, 0.6) is 0 Å². The second-order valence-electron chi connectivity index (χ2n) is 6.51. The van der Waals surface area contributed by atoms with Gasteiger partial charge in [0.15, 0.2) is 11.5 Å². The van der Waals surface area contributed by atoms with Crippen molar-refractivity contribution in [3.05, 3.63) is 65.7 Å². The van der Waals surface area contributed by atoms with E-state index in [1.165, 1.54) is 0 Å². The molecule has 1 unspecified atom stereocenters. The smallest absolute Gasteiger partial charge is 0.178 e. The minimum Gasteiger partial charge on any atom is -0.366 e. The molecule has 0 aliphatic rings. The predicted octanol–water partition coefficient (Wildman–Crippen LogP) is 2.97. The van der Waals surface area contributed by atoms with E-state index in [1.54, 1.807) is 4.52 Å². The van der Waals surface area contributed by atoms with Crippen LogP contribution in [0.1, 0.15) is 24.1 Å². The van der Waals surface area contributed by atoms with Crippen molar-refractivity contribution in [1.82, 2.24) is 29.6 Å². The van der Waals surface area contributed by atoms with E-state index < -0.39 is 0 Å². The molecule has 3 aromatic heterocycles. The zero-order valence-corrected chi connectivity index (χ0v) is 15.1. The van der Waals surface area contributed by atoms with Gasteiger partial charge in [-0.25, -0.2) is 4.68 Å². The van der Waals surface area contributed by atoms with E-state index in [2.05, 4.69) is 50.8 Å². The number of aryl methyl sites for hydroxylation is 2. The summed E-state index contributed by atoms with van der Waals surface area (Å²) in [5.74, 6) is 1.57.